The Hall–Kier alpha value is -0.120. The number of methoxy groups -OCH3 is 1. The molecule has 0 amide bonds. The second kappa shape index (κ2) is 4.80. The minimum Gasteiger partial charge on any atom is -0.383 e. The lowest BCUT2D eigenvalue weighted by molar-refractivity contribution is -0.113. The Morgan fingerprint density at radius 2 is 2.50 bits per heavy atom. The Kier molecular flexibility index (Phi) is 3.98. The number of carbonyl (C=O) groups is 1. The van der Waals surface area contributed by atoms with Crippen molar-refractivity contribution in [3.8, 4) is 0 Å². The molecule has 1 rings (SSSR count). The minimum atomic E-state index is -0.280. The number of carbonyl (C=O) groups excluding carboxylic acids is 1. The van der Waals surface area contributed by atoms with Gasteiger partial charge in [0.25, 0.3) is 0 Å². The molecule has 0 spiro atoms. The highest BCUT2D eigenvalue weighted by molar-refractivity contribution is 6.64. The molecule has 4 heteroatoms. The van der Waals surface area contributed by atoms with Crippen LogP contribution in [0.25, 0.3) is 0 Å². The quantitative estimate of drug-likeness (QED) is 0.618. The van der Waals surface area contributed by atoms with Crippen LogP contribution in [-0.2, 0) is 9.53 Å². The highest BCUT2D eigenvalue weighted by atomic mass is 35.5. The fraction of sp³-hybridized carbons (Fsp3) is 0.875. The van der Waals surface area contributed by atoms with E-state index in [2.05, 4.69) is 4.90 Å². The van der Waals surface area contributed by atoms with Gasteiger partial charge in [-0.25, -0.2) is 0 Å². The molecule has 0 aromatic rings. The maximum absolute atomic E-state index is 10.6. The molecular weight excluding hydrogens is 178 g/mol. The Bertz CT molecular complexity index is 163. The van der Waals surface area contributed by atoms with Crippen LogP contribution in [0.5, 0.6) is 0 Å². The molecule has 0 aliphatic carbocycles. The number of hydrogen-bond acceptors (Lipinski definition) is 3. The molecule has 12 heavy (non-hydrogen) atoms. The Labute approximate surface area is 77.6 Å². The summed E-state index contributed by atoms with van der Waals surface area (Å²) in [5, 5.41) is -0.280. The maximum atomic E-state index is 10.6. The fourth-order valence-electron chi connectivity index (χ4n) is 1.64. The zero-order chi connectivity index (χ0) is 8.97. The number of ether oxygens (including phenoxy) is 1. The van der Waals surface area contributed by atoms with Gasteiger partial charge in [0.2, 0.25) is 5.24 Å². The van der Waals surface area contributed by atoms with Gasteiger partial charge in [0.15, 0.2) is 0 Å². The molecule has 0 aromatic heterocycles. The average Bonchev–Trinajstić information content (AvgIpc) is 2.37. The zero-order valence-electron chi connectivity index (χ0n) is 7.25. The highest BCUT2D eigenvalue weighted by Crippen LogP contribution is 2.16. The maximum Gasteiger partial charge on any atom is 0.235 e. The van der Waals surface area contributed by atoms with Crippen molar-refractivity contribution in [3.05, 3.63) is 0 Å². The van der Waals surface area contributed by atoms with Crippen molar-refractivity contribution in [2.45, 2.75) is 18.9 Å². The van der Waals surface area contributed by atoms with E-state index in [0.29, 0.717) is 19.2 Å². The summed E-state index contributed by atoms with van der Waals surface area (Å²) in [6.45, 7) is 2.02. The summed E-state index contributed by atoms with van der Waals surface area (Å²) in [5.74, 6) is 0. The van der Waals surface area contributed by atoms with Crippen molar-refractivity contribution in [2.75, 3.05) is 26.8 Å². The van der Waals surface area contributed by atoms with Gasteiger partial charge in [0, 0.05) is 13.2 Å². The lowest BCUT2D eigenvalue weighted by atomic mass is 10.2. The van der Waals surface area contributed by atoms with Gasteiger partial charge in [-0.3, -0.25) is 9.69 Å². The third-order valence-electron chi connectivity index (χ3n) is 2.19. The van der Waals surface area contributed by atoms with Gasteiger partial charge in [-0.05, 0) is 31.0 Å². The van der Waals surface area contributed by atoms with E-state index in [1.807, 2.05) is 0 Å². The van der Waals surface area contributed by atoms with Crippen LogP contribution < -0.4 is 0 Å². The van der Waals surface area contributed by atoms with Crippen molar-refractivity contribution in [1.82, 2.24) is 4.90 Å². The van der Waals surface area contributed by atoms with Crippen LogP contribution in [0.1, 0.15) is 12.8 Å². The molecule has 0 N–H and O–H groups in total. The van der Waals surface area contributed by atoms with E-state index in [0.717, 1.165) is 19.4 Å². The summed E-state index contributed by atoms with van der Waals surface area (Å²) in [6, 6.07) is 0.387. The van der Waals surface area contributed by atoms with Crippen molar-refractivity contribution in [3.63, 3.8) is 0 Å². The van der Waals surface area contributed by atoms with E-state index >= 15 is 0 Å². The number of rotatable bonds is 4. The second-order valence-electron chi connectivity index (χ2n) is 3.08. The molecule has 0 radical (unpaired) electrons. The van der Waals surface area contributed by atoms with Crippen LogP contribution in [0, 0.1) is 0 Å². The SMILES string of the molecule is COC[C@H]1CCCN1CC(=O)Cl. The molecule has 0 saturated carbocycles. The molecule has 0 unspecified atom stereocenters. The summed E-state index contributed by atoms with van der Waals surface area (Å²) in [6.07, 6.45) is 2.25. The molecular formula is C8H14ClNO2. The standard InChI is InChI=1S/C8H14ClNO2/c1-12-6-7-3-2-4-10(7)5-8(9)11/h7H,2-6H2,1H3/t7-/m1/s1. The predicted molar refractivity (Wildman–Crippen MR) is 47.3 cm³/mol. The molecule has 70 valence electrons. The van der Waals surface area contributed by atoms with E-state index in [1.54, 1.807) is 7.11 Å². The van der Waals surface area contributed by atoms with Crippen LogP contribution in [-0.4, -0.2) is 43.0 Å². The summed E-state index contributed by atoms with van der Waals surface area (Å²) in [5.41, 5.74) is 0. The molecule has 1 heterocycles. The summed E-state index contributed by atoms with van der Waals surface area (Å²) in [7, 11) is 1.68. The Balaban J connectivity index is 2.35. The van der Waals surface area contributed by atoms with Crippen molar-refractivity contribution >= 4 is 16.8 Å². The summed E-state index contributed by atoms with van der Waals surface area (Å²) in [4.78, 5) is 12.7. The summed E-state index contributed by atoms with van der Waals surface area (Å²) < 4.78 is 5.04. The fourth-order valence-corrected chi connectivity index (χ4v) is 1.80. The van der Waals surface area contributed by atoms with Crippen LogP contribution >= 0.6 is 11.6 Å². The first-order valence-electron chi connectivity index (χ1n) is 4.15. The van der Waals surface area contributed by atoms with Crippen LogP contribution in [0.2, 0.25) is 0 Å². The Morgan fingerprint density at radius 1 is 1.75 bits per heavy atom. The minimum absolute atomic E-state index is 0.280. The summed E-state index contributed by atoms with van der Waals surface area (Å²) >= 11 is 5.30. The molecule has 1 aliphatic heterocycles. The molecule has 1 aliphatic rings. The number of nitrogens with zero attached hydrogens (tertiary/aromatic N) is 1. The first kappa shape index (κ1) is 9.96. The smallest absolute Gasteiger partial charge is 0.235 e. The van der Waals surface area contributed by atoms with Gasteiger partial charge >= 0.3 is 0 Å². The van der Waals surface area contributed by atoms with E-state index in [1.165, 1.54) is 0 Å². The van der Waals surface area contributed by atoms with E-state index in [4.69, 9.17) is 16.3 Å². The first-order chi connectivity index (χ1) is 5.74. The van der Waals surface area contributed by atoms with Crippen molar-refractivity contribution in [2.24, 2.45) is 0 Å². The van der Waals surface area contributed by atoms with Crippen molar-refractivity contribution < 1.29 is 9.53 Å². The van der Waals surface area contributed by atoms with Gasteiger partial charge < -0.3 is 4.74 Å². The Morgan fingerprint density at radius 3 is 3.08 bits per heavy atom. The zero-order valence-corrected chi connectivity index (χ0v) is 8.01. The average molecular weight is 192 g/mol. The lowest BCUT2D eigenvalue weighted by Crippen LogP contribution is -2.35. The second-order valence-corrected chi connectivity index (χ2v) is 3.50. The van der Waals surface area contributed by atoms with Gasteiger partial charge in [-0.1, -0.05) is 0 Å². The van der Waals surface area contributed by atoms with Gasteiger partial charge in [0.1, 0.15) is 0 Å². The number of likely N-dealkylation sites (tertiary alicyclic amines) is 1. The van der Waals surface area contributed by atoms with Crippen LogP contribution in [0.15, 0.2) is 0 Å². The third-order valence-corrected chi connectivity index (χ3v) is 2.31. The predicted octanol–water partition coefficient (Wildman–Crippen LogP) is 0.863. The molecule has 1 saturated heterocycles. The highest BCUT2D eigenvalue weighted by Gasteiger charge is 2.25. The van der Waals surface area contributed by atoms with E-state index in [9.17, 15) is 4.79 Å². The monoisotopic (exact) mass is 191 g/mol. The van der Waals surface area contributed by atoms with Crippen LogP contribution in [0.4, 0.5) is 0 Å². The number of hydrogen-bond donors (Lipinski definition) is 0. The molecule has 0 bridgehead atoms. The number of halogens is 1. The molecule has 0 aromatic carbocycles. The van der Waals surface area contributed by atoms with Crippen molar-refractivity contribution in [1.29, 1.82) is 0 Å². The van der Waals surface area contributed by atoms with E-state index in [-0.39, 0.29) is 5.24 Å². The van der Waals surface area contributed by atoms with Crippen LogP contribution in [0.3, 0.4) is 0 Å². The van der Waals surface area contributed by atoms with E-state index < -0.39 is 0 Å². The van der Waals surface area contributed by atoms with Gasteiger partial charge in [-0.15, -0.1) is 0 Å². The van der Waals surface area contributed by atoms with Gasteiger partial charge in [-0.2, -0.15) is 0 Å². The molecule has 3 nitrogen and oxygen atoms in total. The lowest BCUT2D eigenvalue weighted by Gasteiger charge is -2.21. The van der Waals surface area contributed by atoms with Gasteiger partial charge in [0.05, 0.1) is 13.2 Å². The molecule has 1 atom stereocenters. The largest absolute Gasteiger partial charge is 0.383 e. The topological polar surface area (TPSA) is 29.5 Å². The normalized spacial score (nSPS) is 24.7. The molecule has 1 fully saturated rings. The third kappa shape index (κ3) is 2.73. The first-order valence-corrected chi connectivity index (χ1v) is 4.53.